The maximum Gasteiger partial charge on any atom is 0.330 e. The van der Waals surface area contributed by atoms with Gasteiger partial charge in [-0.3, -0.25) is 24.0 Å². The van der Waals surface area contributed by atoms with E-state index in [2.05, 4.69) is 22.0 Å². The molecular formula is C26H39N5O4. The fourth-order valence-corrected chi connectivity index (χ4v) is 4.78. The Labute approximate surface area is 206 Å². The highest BCUT2D eigenvalue weighted by atomic mass is 16.5. The first kappa shape index (κ1) is 26.5. The van der Waals surface area contributed by atoms with Crippen LogP contribution in [-0.4, -0.2) is 47.1 Å². The van der Waals surface area contributed by atoms with E-state index in [-0.39, 0.29) is 30.0 Å². The Morgan fingerprint density at radius 2 is 1.89 bits per heavy atom. The highest BCUT2D eigenvalue weighted by Gasteiger charge is 2.29. The molecule has 1 aliphatic heterocycles. The van der Waals surface area contributed by atoms with Crippen LogP contribution in [0.15, 0.2) is 33.9 Å². The zero-order chi connectivity index (χ0) is 25.4. The predicted molar refractivity (Wildman–Crippen MR) is 139 cm³/mol. The van der Waals surface area contributed by atoms with Crippen molar-refractivity contribution in [2.24, 2.45) is 0 Å². The third-order valence-corrected chi connectivity index (χ3v) is 6.67. The molecule has 0 radical (unpaired) electrons. The van der Waals surface area contributed by atoms with Crippen molar-refractivity contribution in [2.45, 2.75) is 71.4 Å². The van der Waals surface area contributed by atoms with Crippen molar-refractivity contribution in [3.8, 4) is 5.75 Å². The molecule has 3 rings (SSSR count). The van der Waals surface area contributed by atoms with Crippen LogP contribution in [0.2, 0.25) is 0 Å². The Morgan fingerprint density at radius 1 is 1.14 bits per heavy atom. The molecule has 9 nitrogen and oxygen atoms in total. The van der Waals surface area contributed by atoms with E-state index in [9.17, 15) is 14.4 Å². The van der Waals surface area contributed by atoms with Gasteiger partial charge in [0.25, 0.3) is 5.56 Å². The number of methoxy groups -OCH3 is 1. The van der Waals surface area contributed by atoms with E-state index in [4.69, 9.17) is 10.5 Å². The van der Waals surface area contributed by atoms with Crippen LogP contribution in [0.5, 0.6) is 5.75 Å². The second-order valence-corrected chi connectivity index (χ2v) is 9.15. The number of aromatic amines is 1. The Hall–Kier alpha value is -3.07. The van der Waals surface area contributed by atoms with Crippen molar-refractivity contribution in [3.05, 3.63) is 50.7 Å². The van der Waals surface area contributed by atoms with Crippen LogP contribution in [0.3, 0.4) is 0 Å². The molecule has 1 aliphatic rings. The number of nitrogens with one attached hydrogen (secondary N) is 1. The summed E-state index contributed by atoms with van der Waals surface area (Å²) in [6.07, 6.45) is 6.43. The number of ether oxygens (including phenoxy) is 1. The van der Waals surface area contributed by atoms with Crippen LogP contribution >= 0.6 is 0 Å². The molecule has 1 aromatic heterocycles. The number of amides is 1. The number of carbonyl (C=O) groups is 1. The number of likely N-dealkylation sites (tertiary alicyclic amines) is 1. The quantitative estimate of drug-likeness (QED) is 0.534. The Balaban J connectivity index is 1.94. The van der Waals surface area contributed by atoms with Crippen molar-refractivity contribution in [2.75, 3.05) is 37.4 Å². The molecule has 1 amide bonds. The van der Waals surface area contributed by atoms with Gasteiger partial charge in [-0.1, -0.05) is 45.2 Å². The molecule has 0 bridgehead atoms. The molecule has 0 aliphatic carbocycles. The first-order valence-corrected chi connectivity index (χ1v) is 12.7. The summed E-state index contributed by atoms with van der Waals surface area (Å²) in [4.78, 5) is 45.0. The number of nitrogens with zero attached hydrogens (tertiary/aromatic N) is 3. The summed E-state index contributed by atoms with van der Waals surface area (Å²) in [6, 6.07) is 8.12. The standard InChI is InChI=1S/C26H39N5O4/c1-4-6-17-30(23-24(27)31(15-5-2)26(34)28-25(23)33)22(32)18-29-16-9-7-8-10-21(29)19-11-13-20(35-3)14-12-19/h11-14,21H,4-10,15-18,27H2,1-3H3,(H,28,33,34). The molecule has 1 aromatic carbocycles. The fourth-order valence-electron chi connectivity index (χ4n) is 4.78. The van der Waals surface area contributed by atoms with Crippen molar-refractivity contribution in [3.63, 3.8) is 0 Å². The maximum atomic E-state index is 13.7. The zero-order valence-electron chi connectivity index (χ0n) is 21.2. The SMILES string of the molecule is CCCCN(C(=O)CN1CCCCCC1c1ccc(OC)cc1)c1c(N)n(CCC)c(=O)[nH]c1=O. The lowest BCUT2D eigenvalue weighted by atomic mass is 10.0. The molecule has 0 saturated carbocycles. The van der Waals surface area contributed by atoms with Gasteiger partial charge in [0.2, 0.25) is 5.91 Å². The summed E-state index contributed by atoms with van der Waals surface area (Å²) >= 11 is 0. The number of unbranched alkanes of at least 4 members (excludes halogenated alkanes) is 1. The number of benzene rings is 1. The second kappa shape index (κ2) is 12.6. The number of rotatable bonds is 10. The smallest absolute Gasteiger partial charge is 0.330 e. The van der Waals surface area contributed by atoms with E-state index in [1.807, 2.05) is 26.0 Å². The van der Waals surface area contributed by atoms with Crippen molar-refractivity contribution < 1.29 is 9.53 Å². The van der Waals surface area contributed by atoms with Gasteiger partial charge in [-0.15, -0.1) is 0 Å². The number of nitrogens with two attached hydrogens (primary N) is 1. The molecule has 3 N–H and O–H groups in total. The number of carbonyl (C=O) groups excluding carboxylic acids is 1. The van der Waals surface area contributed by atoms with Gasteiger partial charge >= 0.3 is 5.69 Å². The Kier molecular flexibility index (Phi) is 9.54. The molecular weight excluding hydrogens is 446 g/mol. The number of hydrogen-bond donors (Lipinski definition) is 2. The summed E-state index contributed by atoms with van der Waals surface area (Å²) < 4.78 is 6.65. The van der Waals surface area contributed by atoms with Gasteiger partial charge in [0.05, 0.1) is 13.7 Å². The molecule has 1 atom stereocenters. The van der Waals surface area contributed by atoms with Crippen LogP contribution in [-0.2, 0) is 11.3 Å². The lowest BCUT2D eigenvalue weighted by Gasteiger charge is -2.32. The third kappa shape index (κ3) is 6.33. The number of H-pyrrole nitrogens is 1. The molecule has 9 heteroatoms. The number of hydrogen-bond acceptors (Lipinski definition) is 6. The normalized spacial score (nSPS) is 16.6. The summed E-state index contributed by atoms with van der Waals surface area (Å²) in [5.74, 6) is 0.665. The Bertz CT molecular complexity index is 1090. The Morgan fingerprint density at radius 3 is 2.54 bits per heavy atom. The number of nitrogen functional groups attached to an aromatic ring is 1. The van der Waals surface area contributed by atoms with Crippen molar-refractivity contribution in [1.29, 1.82) is 0 Å². The summed E-state index contributed by atoms with van der Waals surface area (Å²) in [6.45, 7) is 5.67. The van der Waals surface area contributed by atoms with Crippen LogP contribution in [0.1, 0.15) is 70.4 Å². The molecule has 2 aromatic rings. The van der Waals surface area contributed by atoms with Gasteiger partial charge in [-0.25, -0.2) is 4.79 Å². The maximum absolute atomic E-state index is 13.7. The van der Waals surface area contributed by atoms with E-state index >= 15 is 0 Å². The fraction of sp³-hybridized carbons (Fsp3) is 0.577. The minimum Gasteiger partial charge on any atom is -0.497 e. The lowest BCUT2D eigenvalue weighted by Crippen LogP contribution is -2.46. The lowest BCUT2D eigenvalue weighted by molar-refractivity contribution is -0.120. The van der Waals surface area contributed by atoms with Crippen LogP contribution in [0.4, 0.5) is 11.5 Å². The van der Waals surface area contributed by atoms with Crippen molar-refractivity contribution >= 4 is 17.4 Å². The molecule has 1 fully saturated rings. The van der Waals surface area contributed by atoms with Crippen molar-refractivity contribution in [1.82, 2.24) is 14.5 Å². The molecule has 0 spiro atoms. The summed E-state index contributed by atoms with van der Waals surface area (Å²) in [5, 5.41) is 0. The average Bonchev–Trinajstić information content (AvgIpc) is 3.09. The second-order valence-electron chi connectivity index (χ2n) is 9.15. The van der Waals surface area contributed by atoms with Gasteiger partial charge in [-0.05, 0) is 49.9 Å². The zero-order valence-corrected chi connectivity index (χ0v) is 21.2. The van der Waals surface area contributed by atoms with E-state index in [0.717, 1.165) is 56.4 Å². The summed E-state index contributed by atoms with van der Waals surface area (Å²) in [5.41, 5.74) is 6.37. The first-order valence-electron chi connectivity index (χ1n) is 12.7. The van der Waals surface area contributed by atoms with E-state index < -0.39 is 11.2 Å². The third-order valence-electron chi connectivity index (χ3n) is 6.67. The van der Waals surface area contributed by atoms with E-state index in [1.54, 1.807) is 7.11 Å². The van der Waals surface area contributed by atoms with Gasteiger partial charge < -0.3 is 15.4 Å². The molecule has 35 heavy (non-hydrogen) atoms. The first-order chi connectivity index (χ1) is 16.9. The molecule has 2 heterocycles. The molecule has 192 valence electrons. The van der Waals surface area contributed by atoms with E-state index in [1.165, 1.54) is 9.47 Å². The van der Waals surface area contributed by atoms with Crippen LogP contribution in [0, 0.1) is 0 Å². The monoisotopic (exact) mass is 485 g/mol. The highest BCUT2D eigenvalue weighted by molar-refractivity contribution is 5.96. The van der Waals surface area contributed by atoms with Gasteiger partial charge in [-0.2, -0.15) is 0 Å². The minimum atomic E-state index is -0.619. The highest BCUT2D eigenvalue weighted by Crippen LogP contribution is 2.31. The summed E-state index contributed by atoms with van der Waals surface area (Å²) in [7, 11) is 1.65. The van der Waals surface area contributed by atoms with Gasteiger partial charge in [0.1, 0.15) is 11.6 Å². The van der Waals surface area contributed by atoms with Crippen LogP contribution in [0.25, 0.3) is 0 Å². The topological polar surface area (TPSA) is 114 Å². The van der Waals surface area contributed by atoms with E-state index in [0.29, 0.717) is 19.5 Å². The largest absolute Gasteiger partial charge is 0.497 e. The molecule has 1 saturated heterocycles. The number of aromatic nitrogens is 2. The van der Waals surface area contributed by atoms with Crippen LogP contribution < -0.4 is 26.6 Å². The average molecular weight is 486 g/mol. The minimum absolute atomic E-state index is 0.0487. The number of anilines is 2. The predicted octanol–water partition coefficient (Wildman–Crippen LogP) is 3.29. The van der Waals surface area contributed by atoms with Gasteiger partial charge in [0, 0.05) is 19.1 Å². The van der Waals surface area contributed by atoms with Gasteiger partial charge in [0.15, 0.2) is 5.69 Å². The molecule has 1 unspecified atom stereocenters.